The molecule has 0 aliphatic carbocycles. The smallest absolute Gasteiger partial charge is 0.291 e. The van der Waals surface area contributed by atoms with Crippen LogP contribution in [0.2, 0.25) is 5.02 Å². The third kappa shape index (κ3) is 3.42. The van der Waals surface area contributed by atoms with E-state index in [2.05, 4.69) is 20.3 Å². The monoisotopic (exact) mass is 409 g/mol. The highest BCUT2D eigenvalue weighted by molar-refractivity contribution is 7.12. The van der Waals surface area contributed by atoms with Crippen LogP contribution in [0.25, 0.3) is 16.4 Å². The number of thiazole rings is 1. The number of hydrogen-bond donors (Lipinski definition) is 1. The molecular formula is C20H16ClN5OS. The van der Waals surface area contributed by atoms with Gasteiger partial charge in [-0.25, -0.2) is 4.98 Å². The molecule has 2 aromatic heterocycles. The highest BCUT2D eigenvalue weighted by atomic mass is 35.5. The van der Waals surface area contributed by atoms with Crippen molar-refractivity contribution in [2.75, 3.05) is 0 Å². The molecule has 28 heavy (non-hydrogen) atoms. The molecular weight excluding hydrogens is 394 g/mol. The van der Waals surface area contributed by atoms with Crippen molar-refractivity contribution in [1.29, 1.82) is 0 Å². The summed E-state index contributed by atoms with van der Waals surface area (Å²) in [4.78, 5) is 17.4. The predicted octanol–water partition coefficient (Wildman–Crippen LogP) is 5.97. The maximum atomic E-state index is 12.8. The summed E-state index contributed by atoms with van der Waals surface area (Å²) in [7, 11) is 0. The summed E-state index contributed by atoms with van der Waals surface area (Å²) in [5.74, 6) is 0. The fraction of sp³-hybridized carbons (Fsp3) is 0.100. The third-order valence-electron chi connectivity index (χ3n) is 4.22. The normalized spacial score (nSPS) is 11.4. The van der Waals surface area contributed by atoms with Gasteiger partial charge >= 0.3 is 5.56 Å². The topological polar surface area (TPSA) is 75.4 Å². The first-order valence-electron chi connectivity index (χ1n) is 8.54. The lowest BCUT2D eigenvalue weighted by molar-refractivity contribution is 0.827. The van der Waals surface area contributed by atoms with Crippen molar-refractivity contribution in [2.45, 2.75) is 13.8 Å². The second-order valence-corrected chi connectivity index (χ2v) is 7.43. The summed E-state index contributed by atoms with van der Waals surface area (Å²) in [5, 5.41) is 14.3. The largest absolute Gasteiger partial charge is 0.301 e. The van der Waals surface area contributed by atoms with Gasteiger partial charge in [0.15, 0.2) is 5.69 Å². The quantitative estimate of drug-likeness (QED) is 0.421. The average Bonchev–Trinajstić information content (AvgIpc) is 3.29. The molecule has 4 rings (SSSR count). The summed E-state index contributed by atoms with van der Waals surface area (Å²) < 4.78 is 1.39. The molecule has 0 spiro atoms. The Hall–Kier alpha value is -3.03. The average molecular weight is 410 g/mol. The second kappa shape index (κ2) is 7.53. The molecule has 0 bridgehead atoms. The minimum absolute atomic E-state index is 0.231. The number of aromatic nitrogens is 3. The van der Waals surface area contributed by atoms with E-state index in [-0.39, 0.29) is 11.2 Å². The van der Waals surface area contributed by atoms with Gasteiger partial charge in [-0.15, -0.1) is 21.6 Å². The Morgan fingerprint density at radius 2 is 1.86 bits per heavy atom. The van der Waals surface area contributed by atoms with Gasteiger partial charge in [-0.05, 0) is 25.5 Å². The lowest BCUT2D eigenvalue weighted by Gasteiger charge is -1.99. The van der Waals surface area contributed by atoms with Crippen LogP contribution in [-0.2, 0) is 0 Å². The Balaban J connectivity index is 1.69. The van der Waals surface area contributed by atoms with Crippen molar-refractivity contribution >= 4 is 34.3 Å². The maximum absolute atomic E-state index is 12.8. The molecule has 0 aliphatic rings. The van der Waals surface area contributed by atoms with Gasteiger partial charge in [0.25, 0.3) is 0 Å². The van der Waals surface area contributed by atoms with E-state index in [4.69, 9.17) is 11.6 Å². The summed E-state index contributed by atoms with van der Waals surface area (Å²) in [6, 6.07) is 15.3. The molecule has 0 amide bonds. The zero-order valence-corrected chi connectivity index (χ0v) is 16.8. The number of nitrogens with one attached hydrogen (secondary N) is 1. The fourth-order valence-electron chi connectivity index (χ4n) is 2.71. The molecule has 0 radical (unpaired) electrons. The van der Waals surface area contributed by atoms with Crippen LogP contribution in [0.1, 0.15) is 11.3 Å². The number of aryl methyl sites for hydroxylation is 2. The number of halogens is 1. The highest BCUT2D eigenvalue weighted by Crippen LogP contribution is 2.29. The molecule has 6 nitrogen and oxygen atoms in total. The van der Waals surface area contributed by atoms with Gasteiger partial charge in [0, 0.05) is 10.9 Å². The first-order chi connectivity index (χ1) is 13.5. The number of nitrogens with zero attached hydrogens (tertiary/aromatic N) is 4. The summed E-state index contributed by atoms with van der Waals surface area (Å²) in [6.07, 6.45) is 0. The molecule has 0 aliphatic heterocycles. The Labute approximate surface area is 170 Å². The summed E-state index contributed by atoms with van der Waals surface area (Å²) in [6.45, 7) is 3.67. The van der Waals surface area contributed by atoms with Crippen molar-refractivity contribution in [3.63, 3.8) is 0 Å². The van der Waals surface area contributed by atoms with Crippen molar-refractivity contribution in [3.8, 4) is 16.4 Å². The molecule has 8 heteroatoms. The highest BCUT2D eigenvalue weighted by Gasteiger charge is 2.15. The molecule has 4 aromatic rings. The molecule has 0 unspecified atom stereocenters. The molecule has 2 heterocycles. The first kappa shape index (κ1) is 18.3. The number of benzene rings is 2. The van der Waals surface area contributed by atoms with E-state index in [1.165, 1.54) is 16.0 Å². The molecule has 1 N–H and O–H groups in total. The lowest BCUT2D eigenvalue weighted by Crippen LogP contribution is -2.13. The van der Waals surface area contributed by atoms with Crippen LogP contribution in [0.4, 0.5) is 11.4 Å². The van der Waals surface area contributed by atoms with E-state index >= 15 is 0 Å². The van der Waals surface area contributed by atoms with Crippen LogP contribution < -0.4 is 5.56 Å². The van der Waals surface area contributed by atoms with Crippen molar-refractivity contribution in [1.82, 2.24) is 14.8 Å². The van der Waals surface area contributed by atoms with Crippen LogP contribution in [0.3, 0.4) is 0 Å². The zero-order chi connectivity index (χ0) is 19.7. The molecule has 0 fully saturated rings. The minimum Gasteiger partial charge on any atom is -0.291 e. The van der Waals surface area contributed by atoms with Crippen molar-refractivity contribution < 1.29 is 0 Å². The Morgan fingerprint density at radius 1 is 1.07 bits per heavy atom. The van der Waals surface area contributed by atoms with Crippen molar-refractivity contribution in [2.24, 2.45) is 10.2 Å². The van der Waals surface area contributed by atoms with Crippen LogP contribution in [-0.4, -0.2) is 14.8 Å². The maximum Gasteiger partial charge on any atom is 0.301 e. The van der Waals surface area contributed by atoms with Crippen molar-refractivity contribution in [3.05, 3.63) is 80.5 Å². The summed E-state index contributed by atoms with van der Waals surface area (Å²) >= 11 is 7.63. The SMILES string of the molecule is Cc1cccc(N=Nc2c(C)[nH]n(-c3nc(-c4ccccc4)cs3)c2=O)c1Cl. The first-order valence-corrected chi connectivity index (χ1v) is 9.80. The molecule has 0 saturated heterocycles. The molecule has 2 aromatic carbocycles. The number of H-pyrrole nitrogens is 1. The second-order valence-electron chi connectivity index (χ2n) is 6.22. The fourth-order valence-corrected chi connectivity index (χ4v) is 3.67. The number of aromatic amines is 1. The predicted molar refractivity (Wildman–Crippen MR) is 113 cm³/mol. The lowest BCUT2D eigenvalue weighted by atomic mass is 10.2. The number of azo groups is 1. The van der Waals surface area contributed by atoms with E-state index in [1.54, 1.807) is 13.0 Å². The number of rotatable bonds is 4. The van der Waals surface area contributed by atoms with Gasteiger partial charge in [0.2, 0.25) is 5.13 Å². The zero-order valence-electron chi connectivity index (χ0n) is 15.2. The van der Waals surface area contributed by atoms with Crippen LogP contribution >= 0.6 is 22.9 Å². The van der Waals surface area contributed by atoms with E-state index in [0.29, 0.717) is 21.5 Å². The van der Waals surface area contributed by atoms with Gasteiger partial charge in [-0.3, -0.25) is 9.89 Å². The number of hydrogen-bond acceptors (Lipinski definition) is 5. The third-order valence-corrected chi connectivity index (χ3v) is 5.54. The van der Waals surface area contributed by atoms with Crippen LogP contribution in [0.15, 0.2) is 68.9 Å². The molecule has 0 saturated carbocycles. The Morgan fingerprint density at radius 3 is 2.64 bits per heavy atom. The van der Waals surface area contributed by atoms with Crippen LogP contribution in [0, 0.1) is 13.8 Å². The van der Waals surface area contributed by atoms with Gasteiger partial charge < -0.3 is 0 Å². The van der Waals surface area contributed by atoms with E-state index < -0.39 is 0 Å². The molecule has 0 atom stereocenters. The van der Waals surface area contributed by atoms with Gasteiger partial charge in [0.1, 0.15) is 5.69 Å². The summed E-state index contributed by atoms with van der Waals surface area (Å²) in [5.41, 5.74) is 3.76. The van der Waals surface area contributed by atoms with E-state index in [9.17, 15) is 4.79 Å². The van der Waals surface area contributed by atoms with Gasteiger partial charge in [0.05, 0.1) is 16.4 Å². The van der Waals surface area contributed by atoms with Gasteiger partial charge in [-0.1, -0.05) is 54.1 Å². The standard InChI is InChI=1S/C20H16ClN5OS/c1-12-7-6-10-15(17(12)21)23-24-18-13(2)25-26(19(18)27)20-22-16(11-28-20)14-8-4-3-5-9-14/h3-11,25H,1-2H3. The van der Waals surface area contributed by atoms with Gasteiger partial charge in [-0.2, -0.15) is 4.68 Å². The van der Waals surface area contributed by atoms with E-state index in [1.807, 2.05) is 54.8 Å². The molecule has 140 valence electrons. The Bertz CT molecular complexity index is 1220. The Kier molecular flexibility index (Phi) is 4.93. The van der Waals surface area contributed by atoms with E-state index in [0.717, 1.165) is 16.8 Å². The van der Waals surface area contributed by atoms with Crippen LogP contribution in [0.5, 0.6) is 0 Å². The minimum atomic E-state index is -0.306.